The number of benzene rings is 3. The Morgan fingerprint density at radius 2 is 1.76 bits per heavy atom. The minimum atomic E-state index is -1.00. The van der Waals surface area contributed by atoms with Gasteiger partial charge >= 0.3 is 0 Å². The predicted molar refractivity (Wildman–Crippen MR) is 145 cm³/mol. The van der Waals surface area contributed by atoms with Gasteiger partial charge in [-0.1, -0.05) is 53.7 Å². The molecule has 9 nitrogen and oxygen atoms in total. The van der Waals surface area contributed by atoms with Crippen LogP contribution in [0.4, 0.5) is 0 Å². The van der Waals surface area contributed by atoms with Crippen LogP contribution in [0, 0.1) is 0 Å². The molecular weight excluding hydrogens is 482 g/mol. The summed E-state index contributed by atoms with van der Waals surface area (Å²) in [6.45, 7) is 5.81. The number of amides is 2. The molecule has 3 aromatic carbocycles. The number of carbonyl (C=O) groups excluding carboxylic acids is 2. The number of methoxy groups -OCH3 is 1. The van der Waals surface area contributed by atoms with Crippen LogP contribution < -0.4 is 10.1 Å². The van der Waals surface area contributed by atoms with Gasteiger partial charge in [-0.15, -0.1) is 5.10 Å². The first-order chi connectivity index (χ1) is 18.2. The summed E-state index contributed by atoms with van der Waals surface area (Å²) >= 11 is 0. The third kappa shape index (κ3) is 6.29. The van der Waals surface area contributed by atoms with E-state index in [0.29, 0.717) is 17.5 Å². The van der Waals surface area contributed by atoms with Crippen LogP contribution in [0.1, 0.15) is 37.9 Å². The van der Waals surface area contributed by atoms with Gasteiger partial charge in [0, 0.05) is 12.1 Å². The highest BCUT2D eigenvalue weighted by Gasteiger charge is 2.34. The number of fused-ring (bicyclic) bond motifs is 1. The van der Waals surface area contributed by atoms with E-state index in [9.17, 15) is 14.7 Å². The summed E-state index contributed by atoms with van der Waals surface area (Å²) in [5, 5.41) is 21.9. The fourth-order valence-electron chi connectivity index (χ4n) is 4.33. The SMILES string of the molecule is COc1ccc(C(C(=O)NC(C)(C)C)N(CCc2ccccc2)C(=O)Cn2nnc3ccccc32)cc1O. The lowest BCUT2D eigenvalue weighted by Gasteiger charge is -2.34. The quantitative estimate of drug-likeness (QED) is 0.350. The Bertz CT molecular complexity index is 1410. The van der Waals surface area contributed by atoms with Gasteiger partial charge in [0.1, 0.15) is 18.1 Å². The van der Waals surface area contributed by atoms with Gasteiger partial charge in [0.05, 0.1) is 12.6 Å². The topological polar surface area (TPSA) is 110 Å². The molecule has 2 N–H and O–H groups in total. The van der Waals surface area contributed by atoms with Crippen molar-refractivity contribution in [3.63, 3.8) is 0 Å². The first kappa shape index (κ1) is 26.7. The zero-order valence-corrected chi connectivity index (χ0v) is 22.1. The van der Waals surface area contributed by atoms with Gasteiger partial charge in [-0.3, -0.25) is 9.59 Å². The second-order valence-corrected chi connectivity index (χ2v) is 10.1. The van der Waals surface area contributed by atoms with Crippen LogP contribution in [0.25, 0.3) is 11.0 Å². The summed E-state index contributed by atoms with van der Waals surface area (Å²) in [6.07, 6.45) is 0.534. The van der Waals surface area contributed by atoms with Crippen molar-refractivity contribution in [3.8, 4) is 11.5 Å². The molecule has 2 amide bonds. The van der Waals surface area contributed by atoms with Gasteiger partial charge in [0.15, 0.2) is 11.5 Å². The molecule has 0 fully saturated rings. The van der Waals surface area contributed by atoms with Crippen molar-refractivity contribution in [3.05, 3.63) is 83.9 Å². The van der Waals surface area contributed by atoms with Gasteiger partial charge in [-0.25, -0.2) is 4.68 Å². The van der Waals surface area contributed by atoms with Crippen LogP contribution in [-0.2, 0) is 22.6 Å². The van der Waals surface area contributed by atoms with Crippen LogP contribution in [0.15, 0.2) is 72.8 Å². The number of rotatable bonds is 9. The highest BCUT2D eigenvalue weighted by atomic mass is 16.5. The molecular formula is C29H33N5O4. The fraction of sp³-hybridized carbons (Fsp3) is 0.310. The average Bonchev–Trinajstić information content (AvgIpc) is 3.28. The zero-order chi connectivity index (χ0) is 27.3. The van der Waals surface area contributed by atoms with Crippen molar-refractivity contribution < 1.29 is 19.4 Å². The second kappa shape index (κ2) is 11.3. The molecule has 1 atom stereocenters. The maximum Gasteiger partial charge on any atom is 0.247 e. The molecule has 0 saturated carbocycles. The molecule has 0 aliphatic rings. The number of nitrogens with one attached hydrogen (secondary N) is 1. The van der Waals surface area contributed by atoms with Crippen molar-refractivity contribution in [1.29, 1.82) is 0 Å². The maximum absolute atomic E-state index is 13.9. The van der Waals surface area contributed by atoms with Crippen LogP contribution in [0.5, 0.6) is 11.5 Å². The van der Waals surface area contributed by atoms with Gasteiger partial charge in [0.2, 0.25) is 11.8 Å². The van der Waals surface area contributed by atoms with E-state index >= 15 is 0 Å². The summed E-state index contributed by atoms with van der Waals surface area (Å²) in [5.74, 6) is -0.496. The third-order valence-electron chi connectivity index (χ3n) is 6.09. The van der Waals surface area contributed by atoms with Crippen molar-refractivity contribution in [1.82, 2.24) is 25.2 Å². The minimum absolute atomic E-state index is 0.100. The Hall–Kier alpha value is -4.40. The highest BCUT2D eigenvalue weighted by molar-refractivity contribution is 5.89. The largest absolute Gasteiger partial charge is 0.504 e. The van der Waals surface area contributed by atoms with Crippen LogP contribution >= 0.6 is 0 Å². The van der Waals surface area contributed by atoms with E-state index in [4.69, 9.17) is 4.74 Å². The molecule has 0 bridgehead atoms. The van der Waals surface area contributed by atoms with Crippen molar-refractivity contribution in [2.24, 2.45) is 0 Å². The molecule has 1 aromatic heterocycles. The second-order valence-electron chi connectivity index (χ2n) is 10.1. The molecule has 0 spiro atoms. The summed E-state index contributed by atoms with van der Waals surface area (Å²) in [6, 6.07) is 20.9. The zero-order valence-electron chi connectivity index (χ0n) is 22.1. The van der Waals surface area contributed by atoms with E-state index < -0.39 is 11.6 Å². The van der Waals surface area contributed by atoms with Crippen molar-refractivity contribution in [2.45, 2.75) is 45.3 Å². The van der Waals surface area contributed by atoms with Crippen LogP contribution in [0.2, 0.25) is 0 Å². The number of hydrogen-bond acceptors (Lipinski definition) is 6. The lowest BCUT2D eigenvalue weighted by atomic mass is 10.00. The molecule has 198 valence electrons. The van der Waals surface area contributed by atoms with E-state index in [0.717, 1.165) is 11.1 Å². The van der Waals surface area contributed by atoms with Gasteiger partial charge in [-0.2, -0.15) is 0 Å². The molecule has 0 radical (unpaired) electrons. The molecule has 9 heteroatoms. The summed E-state index contributed by atoms with van der Waals surface area (Å²) in [4.78, 5) is 29.2. The molecule has 1 unspecified atom stereocenters. The number of aromatic nitrogens is 3. The smallest absolute Gasteiger partial charge is 0.247 e. The number of nitrogens with zero attached hydrogens (tertiary/aromatic N) is 4. The Morgan fingerprint density at radius 1 is 1.05 bits per heavy atom. The first-order valence-electron chi connectivity index (χ1n) is 12.5. The standard InChI is InChI=1S/C29H33N5O4/c1-29(2,3)30-28(37)27(21-14-15-25(38-4)24(35)18-21)33(17-16-20-10-6-5-7-11-20)26(36)19-34-23-13-9-8-12-22(23)31-32-34/h5-15,18,27,35H,16-17,19H2,1-4H3,(H,30,37). The highest BCUT2D eigenvalue weighted by Crippen LogP contribution is 2.32. The van der Waals surface area contributed by atoms with E-state index in [1.807, 2.05) is 75.4 Å². The molecule has 0 saturated heterocycles. The third-order valence-corrected chi connectivity index (χ3v) is 6.09. The Kier molecular flexibility index (Phi) is 7.95. The fourth-order valence-corrected chi connectivity index (χ4v) is 4.33. The number of para-hydroxylation sites is 1. The Morgan fingerprint density at radius 3 is 2.45 bits per heavy atom. The van der Waals surface area contributed by atoms with E-state index in [1.165, 1.54) is 17.9 Å². The van der Waals surface area contributed by atoms with Crippen molar-refractivity contribution in [2.75, 3.05) is 13.7 Å². The maximum atomic E-state index is 13.9. The number of phenols is 1. The first-order valence-corrected chi connectivity index (χ1v) is 12.5. The monoisotopic (exact) mass is 515 g/mol. The summed E-state index contributed by atoms with van der Waals surface area (Å²) in [7, 11) is 1.46. The molecule has 0 aliphatic heterocycles. The number of carbonyl (C=O) groups is 2. The number of phenolic OH excluding ortho intramolecular Hbond substituents is 1. The molecule has 38 heavy (non-hydrogen) atoms. The van der Waals surface area contributed by atoms with Gasteiger partial charge in [0.25, 0.3) is 0 Å². The van der Waals surface area contributed by atoms with Crippen LogP contribution in [-0.4, -0.2) is 56.0 Å². The Labute approximate surface area is 222 Å². The van der Waals surface area contributed by atoms with Crippen LogP contribution in [0.3, 0.4) is 0 Å². The predicted octanol–water partition coefficient (Wildman–Crippen LogP) is 3.87. The molecule has 1 heterocycles. The lowest BCUT2D eigenvalue weighted by Crippen LogP contribution is -2.50. The van der Waals surface area contributed by atoms with Gasteiger partial charge < -0.3 is 20.1 Å². The minimum Gasteiger partial charge on any atom is -0.504 e. The van der Waals surface area contributed by atoms with E-state index in [1.54, 1.807) is 17.0 Å². The number of ether oxygens (including phenoxy) is 1. The average molecular weight is 516 g/mol. The number of hydrogen-bond donors (Lipinski definition) is 2. The molecule has 4 aromatic rings. The molecule has 0 aliphatic carbocycles. The van der Waals surface area contributed by atoms with Crippen molar-refractivity contribution >= 4 is 22.8 Å². The summed E-state index contributed by atoms with van der Waals surface area (Å²) < 4.78 is 6.73. The van der Waals surface area contributed by atoms with Gasteiger partial charge in [-0.05, 0) is 62.6 Å². The summed E-state index contributed by atoms with van der Waals surface area (Å²) in [5.41, 5.74) is 2.36. The Balaban J connectivity index is 1.75. The number of aromatic hydroxyl groups is 1. The normalized spacial score (nSPS) is 12.2. The lowest BCUT2D eigenvalue weighted by molar-refractivity contribution is -0.142. The molecule has 4 rings (SSSR count). The van der Waals surface area contributed by atoms with E-state index in [2.05, 4.69) is 15.6 Å². The van der Waals surface area contributed by atoms with E-state index in [-0.39, 0.29) is 36.4 Å².